The molecule has 1 aromatic carbocycles. The molecule has 6 heteroatoms. The number of aromatic nitrogens is 1. The lowest BCUT2D eigenvalue weighted by Crippen LogP contribution is -2.53. The summed E-state index contributed by atoms with van der Waals surface area (Å²) in [5.74, 6) is -0.610. The monoisotopic (exact) mass is 287 g/mol. The van der Waals surface area contributed by atoms with Gasteiger partial charge in [-0.2, -0.15) is 0 Å². The number of benzene rings is 1. The molecule has 6 nitrogen and oxygen atoms in total. The van der Waals surface area contributed by atoms with E-state index in [1.807, 2.05) is 12.1 Å². The zero-order valence-corrected chi connectivity index (χ0v) is 11.5. The number of phenolic OH excluding ortho intramolecular Hbond substituents is 1. The third-order valence-corrected chi connectivity index (χ3v) is 3.69. The van der Waals surface area contributed by atoms with E-state index in [1.54, 1.807) is 18.3 Å². The number of carbonyl (C=O) groups is 1. The van der Waals surface area contributed by atoms with E-state index in [2.05, 4.69) is 15.2 Å². The molecule has 2 aromatic rings. The largest absolute Gasteiger partial charge is 0.508 e. The van der Waals surface area contributed by atoms with Gasteiger partial charge in [0, 0.05) is 43.8 Å². The Labute approximate surface area is 122 Å². The van der Waals surface area contributed by atoms with E-state index < -0.39 is 12.0 Å². The average Bonchev–Trinajstić information content (AvgIpc) is 2.48. The molecule has 0 bridgehead atoms. The molecule has 21 heavy (non-hydrogen) atoms. The number of fused-ring (bicyclic) bond motifs is 1. The van der Waals surface area contributed by atoms with Crippen LogP contribution in [0.1, 0.15) is 5.56 Å². The highest BCUT2D eigenvalue weighted by molar-refractivity contribution is 5.80. The number of aliphatic carboxylic acids is 1. The fourth-order valence-electron chi connectivity index (χ4n) is 2.62. The third-order valence-electron chi connectivity index (χ3n) is 3.69. The number of carboxylic acid groups (broad SMARTS) is 1. The van der Waals surface area contributed by atoms with Crippen molar-refractivity contribution in [2.24, 2.45) is 0 Å². The fraction of sp³-hybridized carbons (Fsp3) is 0.333. The molecule has 0 spiro atoms. The fourth-order valence-corrected chi connectivity index (χ4v) is 2.62. The second-order valence-electron chi connectivity index (χ2n) is 5.30. The normalized spacial score (nSPS) is 19.7. The molecular formula is C15H17N3O3. The lowest BCUT2D eigenvalue weighted by atomic mass is 10.1. The van der Waals surface area contributed by atoms with Gasteiger partial charge in [-0.25, -0.2) is 0 Å². The predicted octanol–water partition coefficient (Wildman–Crippen LogP) is 0.799. The number of phenols is 1. The Balaban J connectivity index is 1.75. The molecule has 1 fully saturated rings. The van der Waals surface area contributed by atoms with Gasteiger partial charge in [0.1, 0.15) is 11.8 Å². The number of pyridine rings is 1. The third kappa shape index (κ3) is 3.12. The maximum Gasteiger partial charge on any atom is 0.322 e. The molecule has 0 aliphatic carbocycles. The molecule has 3 rings (SSSR count). The van der Waals surface area contributed by atoms with E-state index in [0.29, 0.717) is 19.6 Å². The maximum atomic E-state index is 11.0. The van der Waals surface area contributed by atoms with Crippen molar-refractivity contribution in [2.75, 3.05) is 19.6 Å². The number of piperazine rings is 1. The van der Waals surface area contributed by atoms with Gasteiger partial charge in [-0.05, 0) is 23.8 Å². The topological polar surface area (TPSA) is 85.7 Å². The second-order valence-corrected chi connectivity index (χ2v) is 5.30. The van der Waals surface area contributed by atoms with Crippen molar-refractivity contribution in [3.8, 4) is 5.75 Å². The molecule has 1 aliphatic heterocycles. The van der Waals surface area contributed by atoms with Crippen molar-refractivity contribution in [3.05, 3.63) is 36.0 Å². The number of hydrogen-bond acceptors (Lipinski definition) is 5. The zero-order chi connectivity index (χ0) is 14.8. The van der Waals surface area contributed by atoms with Gasteiger partial charge in [-0.1, -0.05) is 0 Å². The Morgan fingerprint density at radius 1 is 1.43 bits per heavy atom. The summed E-state index contributed by atoms with van der Waals surface area (Å²) in [6.07, 6.45) is 1.78. The first-order chi connectivity index (χ1) is 10.1. The van der Waals surface area contributed by atoms with Crippen LogP contribution in [-0.4, -0.2) is 51.7 Å². The Morgan fingerprint density at radius 3 is 3.10 bits per heavy atom. The number of hydrogen-bond donors (Lipinski definition) is 3. The minimum absolute atomic E-state index is 0.203. The quantitative estimate of drug-likeness (QED) is 0.774. The predicted molar refractivity (Wildman–Crippen MR) is 78.1 cm³/mol. The highest BCUT2D eigenvalue weighted by atomic mass is 16.4. The van der Waals surface area contributed by atoms with E-state index >= 15 is 0 Å². The molecule has 3 N–H and O–H groups in total. The summed E-state index contributed by atoms with van der Waals surface area (Å²) in [7, 11) is 0. The summed E-state index contributed by atoms with van der Waals surface area (Å²) >= 11 is 0. The summed E-state index contributed by atoms with van der Waals surface area (Å²) < 4.78 is 0. The van der Waals surface area contributed by atoms with Crippen LogP contribution in [-0.2, 0) is 11.3 Å². The molecular weight excluding hydrogens is 270 g/mol. The Kier molecular flexibility index (Phi) is 3.72. The van der Waals surface area contributed by atoms with Gasteiger partial charge < -0.3 is 15.5 Å². The molecule has 1 aromatic heterocycles. The van der Waals surface area contributed by atoms with Crippen molar-refractivity contribution in [3.63, 3.8) is 0 Å². The van der Waals surface area contributed by atoms with Crippen LogP contribution in [0.4, 0.5) is 0 Å². The van der Waals surface area contributed by atoms with Crippen LogP contribution in [0.5, 0.6) is 5.75 Å². The van der Waals surface area contributed by atoms with E-state index in [9.17, 15) is 9.90 Å². The Morgan fingerprint density at radius 2 is 2.29 bits per heavy atom. The maximum absolute atomic E-state index is 11.0. The van der Waals surface area contributed by atoms with Gasteiger partial charge >= 0.3 is 5.97 Å². The Hall–Kier alpha value is -2.18. The van der Waals surface area contributed by atoms with Crippen LogP contribution in [0, 0.1) is 0 Å². The standard InChI is InChI=1S/C15H17N3O3/c19-12-2-1-11-5-10(7-17-13(11)6-12)8-18-4-3-16-14(9-18)15(20)21/h1-2,5-7,14,16,19H,3-4,8-9H2,(H,20,21)/t14-/m1/s1. The van der Waals surface area contributed by atoms with Crippen LogP contribution in [0.25, 0.3) is 10.9 Å². The van der Waals surface area contributed by atoms with Crippen LogP contribution < -0.4 is 5.32 Å². The number of carboxylic acids is 1. The summed E-state index contributed by atoms with van der Waals surface area (Å²) in [5.41, 5.74) is 1.79. The van der Waals surface area contributed by atoms with Gasteiger partial charge in [0.25, 0.3) is 0 Å². The zero-order valence-electron chi connectivity index (χ0n) is 11.5. The summed E-state index contributed by atoms with van der Waals surface area (Å²) in [5, 5.41) is 22.4. The van der Waals surface area contributed by atoms with Gasteiger partial charge in [0.05, 0.1) is 5.52 Å². The Bertz CT molecular complexity index is 674. The molecule has 1 aliphatic rings. The van der Waals surface area contributed by atoms with Crippen LogP contribution >= 0.6 is 0 Å². The van der Waals surface area contributed by atoms with Gasteiger partial charge in [0.15, 0.2) is 0 Å². The first-order valence-electron chi connectivity index (χ1n) is 6.88. The summed E-state index contributed by atoms with van der Waals surface area (Å²) in [4.78, 5) is 17.5. The minimum Gasteiger partial charge on any atom is -0.508 e. The smallest absolute Gasteiger partial charge is 0.322 e. The molecule has 1 saturated heterocycles. The van der Waals surface area contributed by atoms with Crippen LogP contribution in [0.3, 0.4) is 0 Å². The lowest BCUT2D eigenvalue weighted by molar-refractivity contribution is -0.140. The van der Waals surface area contributed by atoms with Crippen LogP contribution in [0.15, 0.2) is 30.5 Å². The number of nitrogens with one attached hydrogen (secondary N) is 1. The number of aromatic hydroxyl groups is 1. The first kappa shape index (κ1) is 13.8. The van der Waals surface area contributed by atoms with Gasteiger partial charge in [-0.15, -0.1) is 0 Å². The van der Waals surface area contributed by atoms with Crippen LogP contribution in [0.2, 0.25) is 0 Å². The molecule has 0 unspecified atom stereocenters. The van der Waals surface area contributed by atoms with E-state index in [4.69, 9.17) is 5.11 Å². The van der Waals surface area contributed by atoms with Crippen molar-refractivity contribution in [1.29, 1.82) is 0 Å². The van der Waals surface area contributed by atoms with Crippen molar-refractivity contribution >= 4 is 16.9 Å². The molecule has 2 heterocycles. The van der Waals surface area contributed by atoms with Crippen molar-refractivity contribution < 1.29 is 15.0 Å². The summed E-state index contributed by atoms with van der Waals surface area (Å²) in [6, 6.07) is 6.62. The highest BCUT2D eigenvalue weighted by Crippen LogP contribution is 2.19. The van der Waals surface area contributed by atoms with Crippen molar-refractivity contribution in [1.82, 2.24) is 15.2 Å². The minimum atomic E-state index is -0.813. The second kappa shape index (κ2) is 5.67. The molecule has 0 radical (unpaired) electrons. The lowest BCUT2D eigenvalue weighted by Gasteiger charge is -2.31. The van der Waals surface area contributed by atoms with E-state index in [-0.39, 0.29) is 5.75 Å². The van der Waals surface area contributed by atoms with Crippen molar-refractivity contribution in [2.45, 2.75) is 12.6 Å². The van der Waals surface area contributed by atoms with E-state index in [0.717, 1.165) is 23.0 Å². The highest BCUT2D eigenvalue weighted by Gasteiger charge is 2.24. The molecule has 0 amide bonds. The average molecular weight is 287 g/mol. The molecule has 0 saturated carbocycles. The number of nitrogens with zero attached hydrogens (tertiary/aromatic N) is 2. The molecule has 1 atom stereocenters. The summed E-state index contributed by atoms with van der Waals surface area (Å²) in [6.45, 7) is 2.65. The van der Waals surface area contributed by atoms with E-state index in [1.165, 1.54) is 0 Å². The van der Waals surface area contributed by atoms with Gasteiger partial charge in [-0.3, -0.25) is 14.7 Å². The molecule has 110 valence electrons. The first-order valence-corrected chi connectivity index (χ1v) is 6.88. The SMILES string of the molecule is O=C(O)[C@H]1CN(Cc2cnc3cc(O)ccc3c2)CCN1. The van der Waals surface area contributed by atoms with Gasteiger partial charge in [0.2, 0.25) is 0 Å². The number of rotatable bonds is 3.